The van der Waals surface area contributed by atoms with Crippen LogP contribution in [0.5, 0.6) is 0 Å². The van der Waals surface area contributed by atoms with E-state index in [2.05, 4.69) is 10.3 Å². The number of thioether (sulfide) groups is 1. The molecule has 1 aliphatic heterocycles. The molecule has 1 aromatic heterocycles. The van der Waals surface area contributed by atoms with Crippen LogP contribution in [0.4, 0.5) is 0 Å². The number of carbonyl (C=O) groups is 2. The summed E-state index contributed by atoms with van der Waals surface area (Å²) in [5.74, 6) is -1.51. The number of benzene rings is 1. The van der Waals surface area contributed by atoms with Gasteiger partial charge in [0.05, 0.1) is 17.6 Å². The third kappa shape index (κ3) is 4.44. The van der Waals surface area contributed by atoms with Crippen molar-refractivity contribution in [3.63, 3.8) is 0 Å². The number of aromatic nitrogens is 3. The number of hydrogen-bond acceptors (Lipinski definition) is 6. The van der Waals surface area contributed by atoms with Crippen molar-refractivity contribution in [3.8, 4) is 0 Å². The van der Waals surface area contributed by atoms with E-state index < -0.39 is 18.4 Å². The summed E-state index contributed by atoms with van der Waals surface area (Å²) in [4.78, 5) is 24.3. The van der Waals surface area contributed by atoms with E-state index in [4.69, 9.17) is 17.3 Å². The lowest BCUT2D eigenvalue weighted by Gasteiger charge is -2.09. The molecule has 0 atom stereocenters. The summed E-state index contributed by atoms with van der Waals surface area (Å²) in [6, 6.07) is 9.91. The van der Waals surface area contributed by atoms with E-state index in [1.165, 1.54) is 0 Å². The Bertz CT molecular complexity index is 906. The van der Waals surface area contributed by atoms with Crippen molar-refractivity contribution < 1.29 is 14.7 Å². The second-order valence-electron chi connectivity index (χ2n) is 5.37. The van der Waals surface area contributed by atoms with Gasteiger partial charge in [0.2, 0.25) is 0 Å². The lowest BCUT2D eigenvalue weighted by molar-refractivity contribution is -0.140. The van der Waals surface area contributed by atoms with Crippen molar-refractivity contribution in [2.24, 2.45) is 0 Å². The largest absolute Gasteiger partial charge is 0.480 e. The minimum atomic E-state index is -1.10. The Hall–Kier alpha value is -2.78. The predicted octanol–water partition coefficient (Wildman–Crippen LogP) is 2.17. The summed E-state index contributed by atoms with van der Waals surface area (Å²) >= 11 is 6.12. The van der Waals surface area contributed by atoms with Gasteiger partial charge in [-0.05, 0) is 17.7 Å². The quantitative estimate of drug-likeness (QED) is 0.601. The molecule has 7 nitrogen and oxygen atoms in total. The van der Waals surface area contributed by atoms with Crippen LogP contribution in [0.25, 0.3) is 6.08 Å². The van der Waals surface area contributed by atoms with Gasteiger partial charge in [-0.15, -0.1) is 5.10 Å². The molecule has 0 unspecified atom stereocenters. The molecular weight excluding hydrogens is 372 g/mol. The van der Waals surface area contributed by atoms with Crippen LogP contribution >= 0.6 is 24.0 Å². The topological polar surface area (TPSA) is 88.3 Å². The van der Waals surface area contributed by atoms with Gasteiger partial charge in [-0.25, -0.2) is 4.68 Å². The second-order valence-corrected chi connectivity index (χ2v) is 7.05. The molecule has 2 heterocycles. The maximum atomic E-state index is 12.1. The van der Waals surface area contributed by atoms with Crippen molar-refractivity contribution in [1.29, 1.82) is 0 Å². The summed E-state index contributed by atoms with van der Waals surface area (Å²) in [6.07, 6.45) is 6.78. The van der Waals surface area contributed by atoms with Crippen LogP contribution in [0.1, 0.15) is 11.3 Å². The van der Waals surface area contributed by atoms with Crippen molar-refractivity contribution in [2.75, 3.05) is 6.54 Å². The number of carbonyl (C=O) groups excluding carboxylic acids is 1. The third-order valence-corrected chi connectivity index (χ3v) is 4.82. The molecule has 1 aromatic carbocycles. The molecule has 1 amide bonds. The van der Waals surface area contributed by atoms with Gasteiger partial charge < -0.3 is 5.11 Å². The highest BCUT2D eigenvalue weighted by Crippen LogP contribution is 2.30. The molecule has 1 aliphatic rings. The Morgan fingerprint density at radius 3 is 2.81 bits per heavy atom. The number of thiocarbonyl (C=S) groups is 1. The number of nitrogens with zero attached hydrogens (tertiary/aromatic N) is 4. The van der Waals surface area contributed by atoms with Crippen LogP contribution in [0.2, 0.25) is 0 Å². The fraction of sp³-hybridized carbons (Fsp3) is 0.118. The molecule has 1 fully saturated rings. The van der Waals surface area contributed by atoms with E-state index >= 15 is 0 Å². The zero-order chi connectivity index (χ0) is 18.5. The van der Waals surface area contributed by atoms with E-state index in [-0.39, 0.29) is 4.32 Å². The van der Waals surface area contributed by atoms with Gasteiger partial charge in [0.15, 0.2) is 0 Å². The van der Waals surface area contributed by atoms with Crippen LogP contribution in [0, 0.1) is 0 Å². The van der Waals surface area contributed by atoms with Crippen molar-refractivity contribution >= 4 is 46.3 Å². The molecule has 132 valence electrons. The Morgan fingerprint density at radius 2 is 2.08 bits per heavy atom. The normalized spacial score (nSPS) is 16.2. The van der Waals surface area contributed by atoms with E-state index in [9.17, 15) is 9.59 Å². The van der Waals surface area contributed by atoms with Gasteiger partial charge in [0.1, 0.15) is 16.6 Å². The number of allylic oxidation sites excluding steroid dienone is 2. The average Bonchev–Trinajstić information content (AvgIpc) is 3.15. The highest BCUT2D eigenvalue weighted by molar-refractivity contribution is 8.26. The zero-order valence-corrected chi connectivity index (χ0v) is 15.1. The Labute approximate surface area is 159 Å². The Morgan fingerprint density at radius 1 is 1.31 bits per heavy atom. The lowest BCUT2D eigenvalue weighted by Crippen LogP contribution is -2.33. The molecule has 26 heavy (non-hydrogen) atoms. The molecule has 3 rings (SSSR count). The van der Waals surface area contributed by atoms with Crippen LogP contribution in [0.3, 0.4) is 0 Å². The Kier molecular flexibility index (Phi) is 5.59. The number of aliphatic carboxylic acids is 1. The molecule has 9 heteroatoms. The number of carboxylic acid groups (broad SMARTS) is 1. The maximum Gasteiger partial charge on any atom is 0.323 e. The van der Waals surface area contributed by atoms with Crippen LogP contribution < -0.4 is 0 Å². The van der Waals surface area contributed by atoms with Crippen molar-refractivity contribution in [3.05, 3.63) is 64.8 Å². The maximum absolute atomic E-state index is 12.1. The van der Waals surface area contributed by atoms with Crippen molar-refractivity contribution in [2.45, 2.75) is 6.54 Å². The molecule has 0 radical (unpaired) electrons. The van der Waals surface area contributed by atoms with Crippen LogP contribution in [0.15, 0.2) is 53.6 Å². The van der Waals surface area contributed by atoms with E-state index in [0.717, 1.165) is 22.2 Å². The summed E-state index contributed by atoms with van der Waals surface area (Å²) in [7, 11) is 0. The summed E-state index contributed by atoms with van der Waals surface area (Å²) in [5, 5.41) is 16.9. The van der Waals surface area contributed by atoms with Gasteiger partial charge in [0, 0.05) is 0 Å². The SMILES string of the molecule is O=C(O)CN1C(=O)/C(=C\C=C\c2cn(Cc3ccccc3)nn2)SC1=S. The van der Waals surface area contributed by atoms with Gasteiger partial charge in [-0.1, -0.05) is 65.6 Å². The van der Waals surface area contributed by atoms with Crippen molar-refractivity contribution in [1.82, 2.24) is 19.9 Å². The standard InChI is InChI=1S/C17H14N4O3S2/c22-15(23)11-21-16(24)14(26-17(21)25)8-4-7-13-10-20(19-18-13)9-12-5-2-1-3-6-12/h1-8,10H,9,11H2,(H,22,23)/b7-4+,14-8+. The first-order valence-corrected chi connectivity index (χ1v) is 8.83. The van der Waals surface area contributed by atoms with E-state index in [0.29, 0.717) is 17.1 Å². The average molecular weight is 386 g/mol. The number of rotatable bonds is 6. The van der Waals surface area contributed by atoms with Gasteiger partial charge in [-0.3, -0.25) is 14.5 Å². The molecule has 0 saturated carbocycles. The molecule has 1 N–H and O–H groups in total. The smallest absolute Gasteiger partial charge is 0.323 e. The second kappa shape index (κ2) is 8.07. The van der Waals surface area contributed by atoms with Crippen LogP contribution in [-0.2, 0) is 16.1 Å². The zero-order valence-electron chi connectivity index (χ0n) is 13.5. The molecule has 0 aliphatic carbocycles. The van der Waals surface area contributed by atoms with Crippen LogP contribution in [-0.4, -0.2) is 47.7 Å². The number of amides is 1. The first kappa shape index (κ1) is 18.0. The van der Waals surface area contributed by atoms with Gasteiger partial charge >= 0.3 is 5.97 Å². The van der Waals surface area contributed by atoms with Gasteiger partial charge in [0.25, 0.3) is 5.91 Å². The Balaban J connectivity index is 1.64. The minimum absolute atomic E-state index is 0.242. The fourth-order valence-electron chi connectivity index (χ4n) is 2.26. The molecule has 1 saturated heterocycles. The molecular formula is C17H14N4O3S2. The lowest BCUT2D eigenvalue weighted by atomic mass is 10.2. The summed E-state index contributed by atoms with van der Waals surface area (Å²) in [6.45, 7) is 0.190. The summed E-state index contributed by atoms with van der Waals surface area (Å²) < 4.78 is 1.97. The highest BCUT2D eigenvalue weighted by atomic mass is 32.2. The minimum Gasteiger partial charge on any atom is -0.480 e. The summed E-state index contributed by atoms with van der Waals surface area (Å²) in [5.41, 5.74) is 1.77. The highest BCUT2D eigenvalue weighted by Gasteiger charge is 2.32. The van der Waals surface area contributed by atoms with Gasteiger partial charge in [-0.2, -0.15) is 0 Å². The number of hydrogen-bond donors (Lipinski definition) is 1. The number of carboxylic acids is 1. The molecule has 2 aromatic rings. The predicted molar refractivity (Wildman–Crippen MR) is 102 cm³/mol. The van der Waals surface area contributed by atoms with E-state index in [1.807, 2.05) is 30.3 Å². The molecule has 0 bridgehead atoms. The first-order chi connectivity index (χ1) is 12.5. The molecule has 0 spiro atoms. The monoisotopic (exact) mass is 386 g/mol. The first-order valence-electron chi connectivity index (χ1n) is 7.61. The van der Waals surface area contributed by atoms with E-state index in [1.54, 1.807) is 29.1 Å². The third-order valence-electron chi connectivity index (χ3n) is 3.43. The fourth-order valence-corrected chi connectivity index (χ4v) is 3.46.